The van der Waals surface area contributed by atoms with E-state index in [2.05, 4.69) is 0 Å². The Morgan fingerprint density at radius 2 is 1.69 bits per heavy atom. The fourth-order valence-corrected chi connectivity index (χ4v) is 4.41. The first-order valence-electron chi connectivity index (χ1n) is 11.4. The van der Waals surface area contributed by atoms with E-state index in [4.69, 9.17) is 14.2 Å². The van der Waals surface area contributed by atoms with Gasteiger partial charge in [-0.2, -0.15) is 0 Å². The highest BCUT2D eigenvalue weighted by atomic mass is 32.1. The number of ether oxygens (including phenoxy) is 3. The van der Waals surface area contributed by atoms with Crippen LogP contribution in [0, 0.1) is 0 Å². The van der Waals surface area contributed by atoms with Gasteiger partial charge in [-0.15, -0.1) is 11.3 Å². The zero-order chi connectivity index (χ0) is 25.0. The molecule has 0 radical (unpaired) electrons. The highest BCUT2D eigenvalue weighted by Crippen LogP contribution is 2.26. The smallest absolute Gasteiger partial charge is 0.258 e. The van der Waals surface area contributed by atoms with Crippen LogP contribution in [-0.2, 0) is 22.6 Å². The van der Waals surface area contributed by atoms with E-state index in [0.717, 1.165) is 10.4 Å². The highest BCUT2D eigenvalue weighted by Gasteiger charge is 2.25. The second-order valence-electron chi connectivity index (χ2n) is 7.95. The van der Waals surface area contributed by atoms with Gasteiger partial charge in [0, 0.05) is 37.7 Å². The van der Waals surface area contributed by atoms with E-state index in [-0.39, 0.29) is 18.4 Å². The number of hydrogen-bond acceptors (Lipinski definition) is 6. The van der Waals surface area contributed by atoms with E-state index in [1.54, 1.807) is 53.6 Å². The van der Waals surface area contributed by atoms with Crippen molar-refractivity contribution in [1.29, 1.82) is 0 Å². The molecule has 0 aliphatic carbocycles. The molecule has 3 rings (SSSR count). The van der Waals surface area contributed by atoms with Gasteiger partial charge in [0.2, 0.25) is 5.91 Å². The predicted molar refractivity (Wildman–Crippen MR) is 137 cm³/mol. The first-order valence-corrected chi connectivity index (χ1v) is 12.3. The standard InChI is InChI=1S/C27H32N2O5S/c1-32-15-8-14-28(27(31)24-13-12-22(33-2)17-25(24)34-3)20-26(30)29(19-23-11-7-16-35-23)18-21-9-5-4-6-10-21/h4-7,9-13,16-17H,8,14-15,18-20H2,1-3H3. The summed E-state index contributed by atoms with van der Waals surface area (Å²) in [6, 6.07) is 18.9. The van der Waals surface area contributed by atoms with E-state index in [1.165, 1.54) is 7.11 Å². The minimum absolute atomic E-state index is 0.0457. The molecule has 1 heterocycles. The van der Waals surface area contributed by atoms with Crippen LogP contribution in [0.2, 0.25) is 0 Å². The van der Waals surface area contributed by atoms with Crippen LogP contribution >= 0.6 is 11.3 Å². The van der Waals surface area contributed by atoms with Crippen molar-refractivity contribution in [2.45, 2.75) is 19.5 Å². The summed E-state index contributed by atoms with van der Waals surface area (Å²) in [6.45, 7) is 1.77. The van der Waals surface area contributed by atoms with Crippen molar-refractivity contribution in [3.05, 3.63) is 82.0 Å². The Morgan fingerprint density at radius 3 is 2.34 bits per heavy atom. The zero-order valence-corrected chi connectivity index (χ0v) is 21.3. The van der Waals surface area contributed by atoms with Gasteiger partial charge >= 0.3 is 0 Å². The summed E-state index contributed by atoms with van der Waals surface area (Å²) in [7, 11) is 4.68. The fourth-order valence-electron chi connectivity index (χ4n) is 3.69. The molecule has 0 bridgehead atoms. The summed E-state index contributed by atoms with van der Waals surface area (Å²) in [5, 5.41) is 2.00. The first-order chi connectivity index (χ1) is 17.0. The summed E-state index contributed by atoms with van der Waals surface area (Å²) >= 11 is 1.61. The minimum atomic E-state index is -0.273. The van der Waals surface area contributed by atoms with Gasteiger partial charge < -0.3 is 24.0 Å². The summed E-state index contributed by atoms with van der Waals surface area (Å²) in [6.07, 6.45) is 0.609. The quantitative estimate of drug-likeness (QED) is 0.327. The monoisotopic (exact) mass is 496 g/mol. The van der Waals surface area contributed by atoms with Crippen molar-refractivity contribution in [2.24, 2.45) is 0 Å². The van der Waals surface area contributed by atoms with E-state index < -0.39 is 0 Å². The molecular weight excluding hydrogens is 464 g/mol. The number of hydrogen-bond donors (Lipinski definition) is 0. The highest BCUT2D eigenvalue weighted by molar-refractivity contribution is 7.09. The normalized spacial score (nSPS) is 10.6. The third kappa shape index (κ3) is 7.56. The lowest BCUT2D eigenvalue weighted by atomic mass is 10.1. The second kappa shape index (κ2) is 13.5. The fraction of sp³-hybridized carbons (Fsp3) is 0.333. The van der Waals surface area contributed by atoms with Crippen molar-refractivity contribution >= 4 is 23.2 Å². The Bertz CT molecular complexity index is 1070. The van der Waals surface area contributed by atoms with Crippen molar-refractivity contribution in [1.82, 2.24) is 9.80 Å². The number of thiophene rings is 1. The molecule has 186 valence electrons. The number of rotatable bonds is 13. The van der Waals surface area contributed by atoms with Gasteiger partial charge in [0.25, 0.3) is 5.91 Å². The molecule has 0 unspecified atom stereocenters. The minimum Gasteiger partial charge on any atom is -0.497 e. The van der Waals surface area contributed by atoms with Gasteiger partial charge in [0.1, 0.15) is 18.0 Å². The van der Waals surface area contributed by atoms with Crippen LogP contribution in [0.5, 0.6) is 11.5 Å². The number of nitrogens with zero attached hydrogens (tertiary/aromatic N) is 2. The van der Waals surface area contributed by atoms with Crippen LogP contribution in [0.15, 0.2) is 66.0 Å². The summed E-state index contributed by atoms with van der Waals surface area (Å²) in [5.74, 6) is 0.592. The number of carbonyl (C=O) groups is 2. The van der Waals surface area contributed by atoms with Crippen molar-refractivity contribution in [3.8, 4) is 11.5 Å². The zero-order valence-electron chi connectivity index (χ0n) is 20.4. The topological polar surface area (TPSA) is 68.3 Å². The molecule has 0 spiro atoms. The first kappa shape index (κ1) is 26.2. The summed E-state index contributed by atoms with van der Waals surface area (Å²) in [4.78, 5) is 31.6. The Morgan fingerprint density at radius 1 is 0.886 bits per heavy atom. The number of amides is 2. The molecule has 35 heavy (non-hydrogen) atoms. The number of benzene rings is 2. The van der Waals surface area contributed by atoms with Crippen LogP contribution in [0.4, 0.5) is 0 Å². The molecule has 0 fully saturated rings. The van der Waals surface area contributed by atoms with Gasteiger partial charge in [-0.1, -0.05) is 36.4 Å². The lowest BCUT2D eigenvalue weighted by Crippen LogP contribution is -2.43. The maximum absolute atomic E-state index is 13.6. The Balaban J connectivity index is 1.83. The Kier molecular flexibility index (Phi) is 10.1. The van der Waals surface area contributed by atoms with Gasteiger partial charge in [0.15, 0.2) is 0 Å². The number of carbonyl (C=O) groups excluding carboxylic acids is 2. The molecule has 0 N–H and O–H groups in total. The maximum atomic E-state index is 13.6. The van der Waals surface area contributed by atoms with Crippen LogP contribution in [0.1, 0.15) is 27.2 Å². The lowest BCUT2D eigenvalue weighted by Gasteiger charge is -2.28. The van der Waals surface area contributed by atoms with Crippen LogP contribution in [0.25, 0.3) is 0 Å². The van der Waals surface area contributed by atoms with Crippen LogP contribution in [-0.4, -0.2) is 62.6 Å². The average molecular weight is 497 g/mol. The molecule has 0 saturated heterocycles. The molecule has 1 aromatic heterocycles. The van der Waals surface area contributed by atoms with E-state index in [1.807, 2.05) is 47.8 Å². The van der Waals surface area contributed by atoms with Gasteiger partial charge in [0.05, 0.1) is 26.3 Å². The molecule has 0 aliphatic rings. The van der Waals surface area contributed by atoms with E-state index in [0.29, 0.717) is 49.7 Å². The molecule has 8 heteroatoms. The third-order valence-corrected chi connectivity index (χ3v) is 6.39. The van der Waals surface area contributed by atoms with Crippen LogP contribution < -0.4 is 9.47 Å². The van der Waals surface area contributed by atoms with E-state index >= 15 is 0 Å². The van der Waals surface area contributed by atoms with Gasteiger partial charge in [-0.05, 0) is 35.6 Å². The molecule has 3 aromatic rings. The molecule has 2 aromatic carbocycles. The number of methoxy groups -OCH3 is 3. The summed E-state index contributed by atoms with van der Waals surface area (Å²) < 4.78 is 15.9. The predicted octanol–water partition coefficient (Wildman–Crippen LogP) is 4.47. The largest absolute Gasteiger partial charge is 0.497 e. The molecule has 0 aliphatic heterocycles. The summed E-state index contributed by atoms with van der Waals surface area (Å²) in [5.41, 5.74) is 1.41. The Hall–Kier alpha value is -3.36. The lowest BCUT2D eigenvalue weighted by molar-refractivity contribution is -0.133. The molecular formula is C27H32N2O5S. The van der Waals surface area contributed by atoms with Gasteiger partial charge in [-0.3, -0.25) is 9.59 Å². The Labute approximate surface area is 210 Å². The second-order valence-corrected chi connectivity index (χ2v) is 8.99. The van der Waals surface area contributed by atoms with E-state index in [9.17, 15) is 9.59 Å². The maximum Gasteiger partial charge on any atom is 0.258 e. The van der Waals surface area contributed by atoms with Crippen molar-refractivity contribution in [2.75, 3.05) is 41.0 Å². The average Bonchev–Trinajstić information content (AvgIpc) is 3.40. The molecule has 2 amide bonds. The van der Waals surface area contributed by atoms with Crippen molar-refractivity contribution in [3.63, 3.8) is 0 Å². The molecule has 0 atom stereocenters. The third-order valence-electron chi connectivity index (χ3n) is 5.52. The van der Waals surface area contributed by atoms with Crippen LogP contribution in [0.3, 0.4) is 0 Å². The molecule has 7 nitrogen and oxygen atoms in total. The van der Waals surface area contributed by atoms with Crippen molar-refractivity contribution < 1.29 is 23.8 Å². The SMILES string of the molecule is COCCCN(CC(=O)N(Cc1ccccc1)Cc1cccs1)C(=O)c1ccc(OC)cc1OC. The molecule has 0 saturated carbocycles. The van der Waals surface area contributed by atoms with Gasteiger partial charge in [-0.25, -0.2) is 0 Å².